The minimum atomic E-state index is 0.535. The van der Waals surface area contributed by atoms with Crippen molar-refractivity contribution in [3.63, 3.8) is 0 Å². The van der Waals surface area contributed by atoms with Gasteiger partial charge in [0.25, 0.3) is 0 Å². The first-order valence-corrected chi connectivity index (χ1v) is 6.59. The van der Waals surface area contributed by atoms with E-state index in [0.29, 0.717) is 5.41 Å². The van der Waals surface area contributed by atoms with Crippen LogP contribution in [0.1, 0.15) is 46.0 Å². The van der Waals surface area contributed by atoms with E-state index in [4.69, 9.17) is 0 Å². The third-order valence-electron chi connectivity index (χ3n) is 5.04. The third kappa shape index (κ3) is 1.56. The summed E-state index contributed by atoms with van der Waals surface area (Å²) in [6.45, 7) is 4.86. The van der Waals surface area contributed by atoms with Crippen LogP contribution in [0.3, 0.4) is 0 Å². The van der Waals surface area contributed by atoms with Gasteiger partial charge in [0.1, 0.15) is 0 Å². The normalized spacial score (nSPS) is 46.5. The Bertz CT molecular complexity index is 279. The van der Waals surface area contributed by atoms with Crippen molar-refractivity contribution in [1.82, 2.24) is 5.32 Å². The molecule has 2 saturated carbocycles. The van der Waals surface area contributed by atoms with Crippen LogP contribution < -0.4 is 5.32 Å². The Balaban J connectivity index is 1.60. The molecule has 0 heterocycles. The molecule has 0 spiro atoms. The first kappa shape index (κ1) is 9.89. The summed E-state index contributed by atoms with van der Waals surface area (Å²) in [6.07, 6.45) is 11.8. The van der Waals surface area contributed by atoms with Gasteiger partial charge in [0.05, 0.1) is 0 Å². The Morgan fingerprint density at radius 3 is 2.87 bits per heavy atom. The van der Waals surface area contributed by atoms with E-state index >= 15 is 0 Å². The van der Waals surface area contributed by atoms with Gasteiger partial charge in [-0.2, -0.15) is 0 Å². The molecule has 3 aliphatic rings. The van der Waals surface area contributed by atoms with Gasteiger partial charge in [-0.15, -0.1) is 0 Å². The van der Waals surface area contributed by atoms with Gasteiger partial charge in [0, 0.05) is 12.1 Å². The lowest BCUT2D eigenvalue weighted by Crippen LogP contribution is -2.54. The molecule has 2 fully saturated rings. The number of hydrogen-bond donors (Lipinski definition) is 1. The molecular formula is C14H23N. The lowest BCUT2D eigenvalue weighted by molar-refractivity contribution is 0.126. The molecule has 3 rings (SSSR count). The summed E-state index contributed by atoms with van der Waals surface area (Å²) in [7, 11) is 0. The molecular weight excluding hydrogens is 182 g/mol. The fourth-order valence-corrected chi connectivity index (χ4v) is 3.80. The van der Waals surface area contributed by atoms with Crippen LogP contribution in [0.25, 0.3) is 0 Å². The first-order chi connectivity index (χ1) is 7.17. The fourth-order valence-electron chi connectivity index (χ4n) is 3.80. The average molecular weight is 205 g/mol. The number of hydrogen-bond acceptors (Lipinski definition) is 1. The lowest BCUT2D eigenvalue weighted by atomic mass is 9.70. The van der Waals surface area contributed by atoms with Gasteiger partial charge in [-0.05, 0) is 42.9 Å². The van der Waals surface area contributed by atoms with Crippen LogP contribution in [0.4, 0.5) is 0 Å². The van der Waals surface area contributed by atoms with Crippen molar-refractivity contribution in [3.8, 4) is 0 Å². The minimum absolute atomic E-state index is 0.535. The number of rotatable bonds is 2. The quantitative estimate of drug-likeness (QED) is 0.683. The zero-order chi connectivity index (χ0) is 10.5. The molecule has 4 atom stereocenters. The molecule has 0 aromatic rings. The van der Waals surface area contributed by atoms with Crippen molar-refractivity contribution in [2.24, 2.45) is 17.3 Å². The predicted molar refractivity (Wildman–Crippen MR) is 63.7 cm³/mol. The highest BCUT2D eigenvalue weighted by Gasteiger charge is 2.44. The van der Waals surface area contributed by atoms with E-state index < -0.39 is 0 Å². The van der Waals surface area contributed by atoms with Crippen molar-refractivity contribution < 1.29 is 0 Å². The van der Waals surface area contributed by atoms with Gasteiger partial charge in [0.2, 0.25) is 0 Å². The Hall–Kier alpha value is -0.300. The van der Waals surface area contributed by atoms with Crippen LogP contribution in [-0.2, 0) is 0 Å². The van der Waals surface area contributed by atoms with Gasteiger partial charge in [-0.3, -0.25) is 0 Å². The second-order valence-corrected chi connectivity index (χ2v) is 6.44. The molecule has 0 saturated heterocycles. The zero-order valence-electron chi connectivity index (χ0n) is 10.00. The summed E-state index contributed by atoms with van der Waals surface area (Å²) < 4.78 is 0. The SMILES string of the molecule is CC1(C)CCCC1NC1CC2CC=CC21. The van der Waals surface area contributed by atoms with Crippen molar-refractivity contribution >= 4 is 0 Å². The predicted octanol–water partition coefficient (Wildman–Crippen LogP) is 3.12. The standard InChI is InChI=1S/C14H23N/c1-14(2)8-4-7-13(14)15-12-9-10-5-3-6-11(10)12/h3,6,10-13,15H,4-5,7-9H2,1-2H3. The molecule has 0 aromatic heterocycles. The van der Waals surface area contributed by atoms with Gasteiger partial charge in [0.15, 0.2) is 0 Å². The van der Waals surface area contributed by atoms with E-state index in [9.17, 15) is 0 Å². The lowest BCUT2D eigenvalue weighted by Gasteiger charge is -2.44. The third-order valence-corrected chi connectivity index (χ3v) is 5.04. The molecule has 0 amide bonds. The van der Waals surface area contributed by atoms with Crippen molar-refractivity contribution in [2.75, 3.05) is 0 Å². The first-order valence-electron chi connectivity index (χ1n) is 6.59. The van der Waals surface area contributed by atoms with Crippen LogP contribution in [-0.4, -0.2) is 12.1 Å². The molecule has 1 nitrogen and oxygen atoms in total. The van der Waals surface area contributed by atoms with E-state index in [1.54, 1.807) is 0 Å². The Kier molecular flexibility index (Phi) is 2.21. The van der Waals surface area contributed by atoms with Gasteiger partial charge in [-0.25, -0.2) is 0 Å². The molecule has 4 unspecified atom stereocenters. The Labute approximate surface area is 93.3 Å². The molecule has 15 heavy (non-hydrogen) atoms. The molecule has 84 valence electrons. The maximum atomic E-state index is 3.93. The van der Waals surface area contributed by atoms with E-state index in [2.05, 4.69) is 31.3 Å². The fraction of sp³-hybridized carbons (Fsp3) is 0.857. The molecule has 1 heteroatoms. The van der Waals surface area contributed by atoms with Crippen molar-refractivity contribution in [1.29, 1.82) is 0 Å². The number of allylic oxidation sites excluding steroid dienone is 1. The highest BCUT2D eigenvalue weighted by Crippen LogP contribution is 2.45. The van der Waals surface area contributed by atoms with Gasteiger partial charge >= 0.3 is 0 Å². The topological polar surface area (TPSA) is 12.0 Å². The summed E-state index contributed by atoms with van der Waals surface area (Å²) in [6, 6.07) is 1.58. The zero-order valence-corrected chi connectivity index (χ0v) is 10.00. The van der Waals surface area contributed by atoms with Crippen molar-refractivity contribution in [3.05, 3.63) is 12.2 Å². The largest absolute Gasteiger partial charge is 0.310 e. The molecule has 0 aliphatic heterocycles. The van der Waals surface area contributed by atoms with Gasteiger partial charge in [-0.1, -0.05) is 32.4 Å². The second kappa shape index (κ2) is 3.35. The number of fused-ring (bicyclic) bond motifs is 1. The van der Waals surface area contributed by atoms with E-state index in [0.717, 1.165) is 23.9 Å². The van der Waals surface area contributed by atoms with E-state index in [1.807, 2.05) is 0 Å². The van der Waals surface area contributed by atoms with Gasteiger partial charge < -0.3 is 5.32 Å². The summed E-state index contributed by atoms with van der Waals surface area (Å²) in [5.41, 5.74) is 0.535. The summed E-state index contributed by atoms with van der Waals surface area (Å²) in [5.74, 6) is 1.87. The monoisotopic (exact) mass is 205 g/mol. The molecule has 3 aliphatic carbocycles. The summed E-state index contributed by atoms with van der Waals surface area (Å²) in [5, 5.41) is 3.93. The maximum Gasteiger partial charge on any atom is 0.0138 e. The Morgan fingerprint density at radius 1 is 1.33 bits per heavy atom. The second-order valence-electron chi connectivity index (χ2n) is 6.44. The molecule has 0 aromatic carbocycles. The minimum Gasteiger partial charge on any atom is -0.310 e. The summed E-state index contributed by atoms with van der Waals surface area (Å²) in [4.78, 5) is 0. The van der Waals surface area contributed by atoms with E-state index in [-0.39, 0.29) is 0 Å². The highest BCUT2D eigenvalue weighted by molar-refractivity contribution is 5.13. The molecule has 0 bridgehead atoms. The maximum absolute atomic E-state index is 3.93. The van der Waals surface area contributed by atoms with Crippen LogP contribution in [0.2, 0.25) is 0 Å². The average Bonchev–Trinajstić information content (AvgIpc) is 2.66. The molecule has 1 N–H and O–H groups in total. The van der Waals surface area contributed by atoms with Crippen molar-refractivity contribution in [2.45, 2.75) is 58.0 Å². The van der Waals surface area contributed by atoms with E-state index in [1.165, 1.54) is 32.1 Å². The smallest absolute Gasteiger partial charge is 0.0138 e. The molecule has 0 radical (unpaired) electrons. The van der Waals surface area contributed by atoms with Crippen LogP contribution in [0.5, 0.6) is 0 Å². The highest BCUT2D eigenvalue weighted by atomic mass is 15.0. The number of nitrogens with one attached hydrogen (secondary N) is 1. The van der Waals surface area contributed by atoms with Crippen LogP contribution >= 0.6 is 0 Å². The Morgan fingerprint density at radius 2 is 2.20 bits per heavy atom. The summed E-state index contributed by atoms with van der Waals surface area (Å²) >= 11 is 0. The van der Waals surface area contributed by atoms with Crippen LogP contribution in [0, 0.1) is 17.3 Å². The van der Waals surface area contributed by atoms with Crippen LogP contribution in [0.15, 0.2) is 12.2 Å².